The van der Waals surface area contributed by atoms with E-state index in [0.717, 1.165) is 44.5 Å². The predicted octanol–water partition coefficient (Wildman–Crippen LogP) is 3.79. The zero-order chi connectivity index (χ0) is 17.5. The van der Waals surface area contributed by atoms with E-state index in [4.69, 9.17) is 4.74 Å². The van der Waals surface area contributed by atoms with Gasteiger partial charge in [-0.05, 0) is 31.8 Å². The Morgan fingerprint density at radius 2 is 2.17 bits per heavy atom. The van der Waals surface area contributed by atoms with Crippen LogP contribution in [0, 0.1) is 5.92 Å². The minimum Gasteiger partial charge on any atom is -0.472 e. The van der Waals surface area contributed by atoms with E-state index in [0.29, 0.717) is 19.0 Å². The van der Waals surface area contributed by atoms with Crippen molar-refractivity contribution in [1.82, 2.24) is 14.7 Å². The van der Waals surface area contributed by atoms with Crippen molar-refractivity contribution in [3.63, 3.8) is 0 Å². The summed E-state index contributed by atoms with van der Waals surface area (Å²) in [5, 5.41) is 4.52. The molecule has 2 rings (SSSR count). The maximum Gasteiger partial charge on any atom is 0.233 e. The third-order valence-electron chi connectivity index (χ3n) is 4.83. The molecular formula is C19H31N3O2. The Morgan fingerprint density at radius 3 is 2.79 bits per heavy atom. The fourth-order valence-electron chi connectivity index (χ4n) is 3.16. The Labute approximate surface area is 145 Å². The van der Waals surface area contributed by atoms with Crippen molar-refractivity contribution in [1.29, 1.82) is 0 Å². The van der Waals surface area contributed by atoms with E-state index < -0.39 is 0 Å². The first kappa shape index (κ1) is 18.6. The summed E-state index contributed by atoms with van der Waals surface area (Å²) in [7, 11) is 0. The van der Waals surface area contributed by atoms with Crippen molar-refractivity contribution in [3.05, 3.63) is 23.4 Å². The second-order valence-corrected chi connectivity index (χ2v) is 6.44. The van der Waals surface area contributed by atoms with Crippen LogP contribution in [0.3, 0.4) is 0 Å². The molecule has 0 saturated carbocycles. The largest absolute Gasteiger partial charge is 0.472 e. The van der Waals surface area contributed by atoms with E-state index in [-0.39, 0.29) is 11.8 Å². The average molecular weight is 333 g/mol. The van der Waals surface area contributed by atoms with Gasteiger partial charge in [-0.1, -0.05) is 33.3 Å². The van der Waals surface area contributed by atoms with Crippen molar-refractivity contribution in [2.45, 2.75) is 66.5 Å². The molecule has 1 amide bonds. The fourth-order valence-corrected chi connectivity index (χ4v) is 3.16. The molecule has 1 aromatic rings. The Bertz CT molecular complexity index is 577. The topological polar surface area (TPSA) is 47.4 Å². The molecule has 0 bridgehead atoms. The molecule has 1 aliphatic rings. The van der Waals surface area contributed by atoms with Crippen LogP contribution >= 0.6 is 0 Å². The third kappa shape index (κ3) is 4.40. The van der Waals surface area contributed by atoms with Gasteiger partial charge < -0.3 is 9.64 Å². The van der Waals surface area contributed by atoms with Crippen LogP contribution < -0.4 is 4.74 Å². The smallest absolute Gasteiger partial charge is 0.233 e. The van der Waals surface area contributed by atoms with Gasteiger partial charge in [0.2, 0.25) is 11.8 Å². The van der Waals surface area contributed by atoms with Gasteiger partial charge in [0.25, 0.3) is 0 Å². The first-order valence-electron chi connectivity index (χ1n) is 9.25. The van der Waals surface area contributed by atoms with Crippen LogP contribution in [-0.4, -0.2) is 33.7 Å². The van der Waals surface area contributed by atoms with E-state index >= 15 is 0 Å². The summed E-state index contributed by atoms with van der Waals surface area (Å²) in [5.41, 5.74) is 2.33. The number of carbonyl (C=O) groups is 1. The molecule has 1 atom stereocenters. The lowest BCUT2D eigenvalue weighted by Crippen LogP contribution is -2.41. The van der Waals surface area contributed by atoms with Gasteiger partial charge in [0.1, 0.15) is 6.61 Å². The van der Waals surface area contributed by atoms with Gasteiger partial charge >= 0.3 is 0 Å². The molecule has 0 aliphatic carbocycles. The molecule has 5 heteroatoms. The van der Waals surface area contributed by atoms with Gasteiger partial charge in [0, 0.05) is 18.5 Å². The molecule has 134 valence electrons. The number of fused-ring (bicyclic) bond motifs is 1. The second-order valence-electron chi connectivity index (χ2n) is 6.44. The SMILES string of the molecule is CC=C(CC)COc1cc2n(n1)CCN(C(=O)C(CC)CCC)C2. The minimum atomic E-state index is 0.155. The van der Waals surface area contributed by atoms with Crippen LogP contribution in [0.1, 0.15) is 59.1 Å². The molecule has 0 fully saturated rings. The lowest BCUT2D eigenvalue weighted by molar-refractivity contribution is -0.137. The van der Waals surface area contributed by atoms with E-state index in [1.54, 1.807) is 0 Å². The summed E-state index contributed by atoms with van der Waals surface area (Å²) in [5.74, 6) is 1.10. The van der Waals surface area contributed by atoms with Crippen molar-refractivity contribution < 1.29 is 9.53 Å². The van der Waals surface area contributed by atoms with Crippen molar-refractivity contribution in [2.75, 3.05) is 13.2 Å². The number of allylic oxidation sites excluding steroid dienone is 1. The number of amides is 1. The lowest BCUT2D eigenvalue weighted by atomic mass is 9.99. The molecule has 0 radical (unpaired) electrons. The molecule has 0 N–H and O–H groups in total. The summed E-state index contributed by atoms with van der Waals surface area (Å²) < 4.78 is 7.78. The maximum atomic E-state index is 12.7. The Morgan fingerprint density at radius 1 is 1.38 bits per heavy atom. The van der Waals surface area contributed by atoms with Gasteiger partial charge in [0.05, 0.1) is 18.8 Å². The van der Waals surface area contributed by atoms with Gasteiger partial charge in [-0.15, -0.1) is 5.10 Å². The quantitative estimate of drug-likeness (QED) is 0.680. The highest BCUT2D eigenvalue weighted by Crippen LogP contribution is 2.22. The molecule has 0 aromatic carbocycles. The standard InChI is InChI=1S/C19H31N3O2/c1-5-9-16(8-4)19(23)21-10-11-22-17(13-21)12-18(20-22)24-14-15(6-2)7-3/h6,12,16H,5,7-11,13-14H2,1-4H3. The Hall–Kier alpha value is -1.78. The fraction of sp³-hybridized carbons (Fsp3) is 0.684. The van der Waals surface area contributed by atoms with Gasteiger partial charge in [-0.25, -0.2) is 0 Å². The molecule has 2 heterocycles. The minimum absolute atomic E-state index is 0.155. The molecule has 5 nitrogen and oxygen atoms in total. The Kier molecular flexibility index (Phi) is 6.88. The number of carbonyl (C=O) groups excluding carboxylic acids is 1. The van der Waals surface area contributed by atoms with Crippen LogP contribution in [-0.2, 0) is 17.9 Å². The normalized spacial score (nSPS) is 16.0. The molecule has 1 aliphatic heterocycles. The molecule has 1 unspecified atom stereocenters. The summed E-state index contributed by atoms with van der Waals surface area (Å²) in [6.45, 7) is 11.1. The first-order valence-corrected chi connectivity index (χ1v) is 9.25. The van der Waals surface area contributed by atoms with Crippen LogP contribution in [0.25, 0.3) is 0 Å². The van der Waals surface area contributed by atoms with Crippen LogP contribution in [0.15, 0.2) is 17.7 Å². The highest BCUT2D eigenvalue weighted by Gasteiger charge is 2.27. The number of rotatable bonds is 8. The summed E-state index contributed by atoms with van der Waals surface area (Å²) >= 11 is 0. The third-order valence-corrected chi connectivity index (χ3v) is 4.83. The van der Waals surface area contributed by atoms with Crippen molar-refractivity contribution >= 4 is 5.91 Å². The average Bonchev–Trinajstić information content (AvgIpc) is 3.01. The molecular weight excluding hydrogens is 302 g/mol. The number of nitrogens with zero attached hydrogens (tertiary/aromatic N) is 3. The highest BCUT2D eigenvalue weighted by molar-refractivity contribution is 5.78. The van der Waals surface area contributed by atoms with E-state index in [1.165, 1.54) is 5.57 Å². The van der Waals surface area contributed by atoms with Gasteiger partial charge in [-0.2, -0.15) is 0 Å². The van der Waals surface area contributed by atoms with E-state index in [1.807, 2.05) is 22.6 Å². The molecule has 1 aromatic heterocycles. The van der Waals surface area contributed by atoms with Gasteiger partial charge in [0.15, 0.2) is 0 Å². The number of aromatic nitrogens is 2. The van der Waals surface area contributed by atoms with Crippen molar-refractivity contribution in [3.8, 4) is 5.88 Å². The summed E-state index contributed by atoms with van der Waals surface area (Å²) in [6, 6.07) is 1.98. The second kappa shape index (κ2) is 8.90. The highest BCUT2D eigenvalue weighted by atomic mass is 16.5. The molecule has 0 saturated heterocycles. The summed E-state index contributed by atoms with van der Waals surface area (Å²) in [6.07, 6.45) is 6.03. The maximum absolute atomic E-state index is 12.7. The van der Waals surface area contributed by atoms with Gasteiger partial charge in [-0.3, -0.25) is 9.48 Å². The lowest BCUT2D eigenvalue weighted by Gasteiger charge is -2.30. The Balaban J connectivity index is 1.99. The summed E-state index contributed by atoms with van der Waals surface area (Å²) in [4.78, 5) is 14.7. The zero-order valence-corrected chi connectivity index (χ0v) is 15.5. The monoisotopic (exact) mass is 333 g/mol. The van der Waals surface area contributed by atoms with E-state index in [2.05, 4.69) is 31.9 Å². The number of ether oxygens (including phenoxy) is 1. The van der Waals surface area contributed by atoms with Crippen LogP contribution in [0.2, 0.25) is 0 Å². The number of hydrogen-bond acceptors (Lipinski definition) is 3. The zero-order valence-electron chi connectivity index (χ0n) is 15.5. The number of hydrogen-bond donors (Lipinski definition) is 0. The molecule has 24 heavy (non-hydrogen) atoms. The van der Waals surface area contributed by atoms with Crippen molar-refractivity contribution in [2.24, 2.45) is 5.92 Å². The first-order chi connectivity index (χ1) is 11.6. The van der Waals surface area contributed by atoms with E-state index in [9.17, 15) is 4.79 Å². The van der Waals surface area contributed by atoms with Crippen LogP contribution in [0.5, 0.6) is 5.88 Å². The van der Waals surface area contributed by atoms with Crippen LogP contribution in [0.4, 0.5) is 0 Å². The predicted molar refractivity (Wildman–Crippen MR) is 95.9 cm³/mol. The molecule has 0 spiro atoms.